The average molecular weight is 304 g/mol. The summed E-state index contributed by atoms with van der Waals surface area (Å²) < 4.78 is 10.00. The van der Waals surface area contributed by atoms with E-state index in [0.717, 1.165) is 28.9 Å². The largest absolute Gasteiger partial charge is 0.493 e. The number of amides is 1. The monoisotopic (exact) mass is 304 g/mol. The van der Waals surface area contributed by atoms with Crippen LogP contribution in [0.5, 0.6) is 5.75 Å². The summed E-state index contributed by atoms with van der Waals surface area (Å²) >= 11 is 1.41. The molecule has 1 amide bonds. The van der Waals surface area contributed by atoms with Gasteiger partial charge in [-0.3, -0.25) is 0 Å². The molecule has 0 saturated heterocycles. The summed E-state index contributed by atoms with van der Waals surface area (Å²) in [6, 6.07) is 6.04. The zero-order chi connectivity index (χ0) is 14.8. The Morgan fingerprint density at radius 1 is 1.57 bits per heavy atom. The van der Waals surface area contributed by atoms with Crippen molar-refractivity contribution in [3.63, 3.8) is 0 Å². The summed E-state index contributed by atoms with van der Waals surface area (Å²) in [5.74, 6) is 1.04. The molecule has 1 N–H and O–H groups in total. The highest BCUT2D eigenvalue weighted by molar-refractivity contribution is 7.03. The van der Waals surface area contributed by atoms with Crippen molar-refractivity contribution >= 4 is 17.6 Å². The SMILES string of the molecule is CN(CC1CCOc2c(-c3cnsc3)cccc21)C(=O)O. The molecule has 0 fully saturated rings. The van der Waals surface area contributed by atoms with Crippen LogP contribution in [0.25, 0.3) is 11.1 Å². The highest BCUT2D eigenvalue weighted by Crippen LogP contribution is 2.41. The molecule has 0 aliphatic carbocycles. The number of carbonyl (C=O) groups is 1. The third-order valence-electron chi connectivity index (χ3n) is 3.76. The van der Waals surface area contributed by atoms with Crippen molar-refractivity contribution in [1.82, 2.24) is 9.27 Å². The number of hydrogen-bond donors (Lipinski definition) is 1. The maximum atomic E-state index is 11.0. The molecule has 1 unspecified atom stereocenters. The predicted octanol–water partition coefficient (Wildman–Crippen LogP) is 3.29. The zero-order valence-corrected chi connectivity index (χ0v) is 12.5. The smallest absolute Gasteiger partial charge is 0.407 e. The first-order valence-electron chi connectivity index (χ1n) is 6.76. The topological polar surface area (TPSA) is 62.7 Å². The first kappa shape index (κ1) is 13.9. The van der Waals surface area contributed by atoms with Gasteiger partial charge in [0.2, 0.25) is 0 Å². The van der Waals surface area contributed by atoms with Crippen molar-refractivity contribution < 1.29 is 14.6 Å². The Balaban J connectivity index is 1.95. The molecule has 1 atom stereocenters. The number of nitrogens with zero attached hydrogens (tertiary/aromatic N) is 2. The van der Waals surface area contributed by atoms with Crippen LogP contribution in [0.4, 0.5) is 4.79 Å². The summed E-state index contributed by atoms with van der Waals surface area (Å²) in [6.07, 6.45) is 1.76. The van der Waals surface area contributed by atoms with Crippen LogP contribution in [0.1, 0.15) is 17.9 Å². The summed E-state index contributed by atoms with van der Waals surface area (Å²) in [5, 5.41) is 11.0. The van der Waals surface area contributed by atoms with Crippen LogP contribution in [0, 0.1) is 0 Å². The Morgan fingerprint density at radius 3 is 3.14 bits per heavy atom. The first-order valence-corrected chi connectivity index (χ1v) is 7.60. The van der Waals surface area contributed by atoms with E-state index in [4.69, 9.17) is 9.84 Å². The molecule has 110 valence electrons. The fraction of sp³-hybridized carbons (Fsp3) is 0.333. The molecule has 2 heterocycles. The second kappa shape index (κ2) is 5.73. The molecule has 21 heavy (non-hydrogen) atoms. The van der Waals surface area contributed by atoms with Crippen LogP contribution < -0.4 is 4.74 Å². The van der Waals surface area contributed by atoms with Crippen LogP contribution in [0.15, 0.2) is 29.8 Å². The third-order valence-corrected chi connectivity index (χ3v) is 4.35. The fourth-order valence-corrected chi connectivity index (χ4v) is 3.20. The van der Waals surface area contributed by atoms with E-state index in [9.17, 15) is 4.79 Å². The Hall–Kier alpha value is -2.08. The van der Waals surface area contributed by atoms with Crippen molar-refractivity contribution in [3.8, 4) is 16.9 Å². The molecule has 5 nitrogen and oxygen atoms in total. The third kappa shape index (κ3) is 2.71. The lowest BCUT2D eigenvalue weighted by atomic mass is 9.90. The van der Waals surface area contributed by atoms with Gasteiger partial charge >= 0.3 is 6.09 Å². The summed E-state index contributed by atoms with van der Waals surface area (Å²) in [4.78, 5) is 12.4. The first-order chi connectivity index (χ1) is 10.2. The van der Waals surface area contributed by atoms with Crippen molar-refractivity contribution in [2.24, 2.45) is 0 Å². The Morgan fingerprint density at radius 2 is 2.43 bits per heavy atom. The Labute approximate surface area is 127 Å². The molecule has 3 rings (SSSR count). The molecule has 1 aliphatic rings. The minimum Gasteiger partial charge on any atom is -0.493 e. The van der Waals surface area contributed by atoms with Crippen molar-refractivity contribution in [2.45, 2.75) is 12.3 Å². The van der Waals surface area contributed by atoms with Crippen molar-refractivity contribution in [1.29, 1.82) is 0 Å². The molecule has 0 saturated carbocycles. The minimum atomic E-state index is -0.902. The van der Waals surface area contributed by atoms with Gasteiger partial charge in [-0.25, -0.2) is 9.17 Å². The molecule has 0 radical (unpaired) electrons. The van der Waals surface area contributed by atoms with Gasteiger partial charge in [-0.2, -0.15) is 0 Å². The van der Waals surface area contributed by atoms with Crippen LogP contribution in [0.3, 0.4) is 0 Å². The molecule has 1 aliphatic heterocycles. The average Bonchev–Trinajstić information content (AvgIpc) is 3.01. The fourth-order valence-electron chi connectivity index (χ4n) is 2.66. The van der Waals surface area contributed by atoms with E-state index in [2.05, 4.69) is 4.37 Å². The van der Waals surface area contributed by atoms with Gasteiger partial charge in [-0.1, -0.05) is 18.2 Å². The zero-order valence-electron chi connectivity index (χ0n) is 11.7. The number of likely N-dealkylation sites (N-methyl/N-ethyl adjacent to an activating group) is 1. The van der Waals surface area contributed by atoms with E-state index in [1.54, 1.807) is 7.05 Å². The lowest BCUT2D eigenvalue weighted by molar-refractivity contribution is 0.149. The number of rotatable bonds is 3. The lowest BCUT2D eigenvalue weighted by Gasteiger charge is -2.29. The maximum absolute atomic E-state index is 11.0. The second-order valence-corrected chi connectivity index (χ2v) is 5.79. The van der Waals surface area contributed by atoms with Gasteiger partial charge in [0.05, 0.1) is 6.61 Å². The lowest BCUT2D eigenvalue weighted by Crippen LogP contribution is -2.31. The van der Waals surface area contributed by atoms with E-state index in [1.807, 2.05) is 29.8 Å². The molecular formula is C15H16N2O3S. The predicted molar refractivity (Wildman–Crippen MR) is 81.1 cm³/mol. The van der Waals surface area contributed by atoms with Crippen molar-refractivity contribution in [2.75, 3.05) is 20.2 Å². The minimum absolute atomic E-state index is 0.168. The van der Waals surface area contributed by atoms with Gasteiger partial charge < -0.3 is 14.7 Å². The molecule has 1 aromatic heterocycles. The Kier molecular flexibility index (Phi) is 3.79. The molecule has 2 aromatic rings. The van der Waals surface area contributed by atoms with Gasteiger partial charge in [0.15, 0.2) is 0 Å². The van der Waals surface area contributed by atoms with Crippen LogP contribution in [0.2, 0.25) is 0 Å². The molecule has 6 heteroatoms. The van der Waals surface area contributed by atoms with Crippen LogP contribution in [-0.2, 0) is 0 Å². The van der Waals surface area contributed by atoms with E-state index in [-0.39, 0.29) is 5.92 Å². The number of para-hydroxylation sites is 1. The Bertz CT molecular complexity index is 642. The number of benzene rings is 1. The number of fused-ring (bicyclic) bond motifs is 1. The van der Waals surface area contributed by atoms with E-state index in [1.165, 1.54) is 16.4 Å². The van der Waals surface area contributed by atoms with E-state index < -0.39 is 6.09 Å². The number of ether oxygens (including phenoxy) is 1. The van der Waals surface area contributed by atoms with Gasteiger partial charge in [0, 0.05) is 42.2 Å². The summed E-state index contributed by atoms with van der Waals surface area (Å²) in [5.41, 5.74) is 3.16. The van der Waals surface area contributed by atoms with Gasteiger partial charge in [-0.15, -0.1) is 0 Å². The molecule has 1 aromatic carbocycles. The molecule has 0 spiro atoms. The highest BCUT2D eigenvalue weighted by atomic mass is 32.1. The normalized spacial score (nSPS) is 16.9. The number of carboxylic acid groups (broad SMARTS) is 1. The van der Waals surface area contributed by atoms with Crippen LogP contribution >= 0.6 is 11.5 Å². The van der Waals surface area contributed by atoms with Gasteiger partial charge in [-0.05, 0) is 23.5 Å². The van der Waals surface area contributed by atoms with Crippen molar-refractivity contribution in [3.05, 3.63) is 35.3 Å². The number of aromatic nitrogens is 1. The van der Waals surface area contributed by atoms with Crippen LogP contribution in [-0.4, -0.2) is 40.7 Å². The summed E-state index contributed by atoms with van der Waals surface area (Å²) in [6.45, 7) is 1.09. The molecule has 0 bridgehead atoms. The van der Waals surface area contributed by atoms with E-state index >= 15 is 0 Å². The quantitative estimate of drug-likeness (QED) is 0.945. The van der Waals surface area contributed by atoms with Gasteiger partial charge in [0.25, 0.3) is 0 Å². The molecular weight excluding hydrogens is 288 g/mol. The van der Waals surface area contributed by atoms with E-state index in [0.29, 0.717) is 13.2 Å². The standard InChI is InChI=1S/C15H16N2O3S/c1-17(15(18)19)8-10-5-6-20-14-12(10)3-2-4-13(14)11-7-16-21-9-11/h2-4,7,9-10H,5-6,8H2,1H3,(H,18,19). The maximum Gasteiger partial charge on any atom is 0.407 e. The number of hydrogen-bond acceptors (Lipinski definition) is 4. The second-order valence-electron chi connectivity index (χ2n) is 5.13. The summed E-state index contributed by atoms with van der Waals surface area (Å²) in [7, 11) is 1.60. The highest BCUT2D eigenvalue weighted by Gasteiger charge is 2.26. The van der Waals surface area contributed by atoms with Gasteiger partial charge in [0.1, 0.15) is 5.75 Å².